The number of nitrogens with one attached hydrogen (secondary N) is 1. The van der Waals surface area contributed by atoms with Gasteiger partial charge in [0.25, 0.3) is 0 Å². The van der Waals surface area contributed by atoms with Crippen molar-refractivity contribution in [3.63, 3.8) is 0 Å². The first kappa shape index (κ1) is 13.3. The number of hydrogen-bond acceptors (Lipinski definition) is 3. The second-order valence-corrected chi connectivity index (χ2v) is 6.22. The number of hydrogen-bond donors (Lipinski definition) is 2. The molecule has 2 fully saturated rings. The van der Waals surface area contributed by atoms with E-state index in [-0.39, 0.29) is 6.10 Å². The Kier molecular flexibility index (Phi) is 4.83. The van der Waals surface area contributed by atoms with E-state index in [0.29, 0.717) is 11.8 Å². The fourth-order valence-corrected chi connectivity index (χ4v) is 3.39. The van der Waals surface area contributed by atoms with Crippen molar-refractivity contribution in [2.24, 2.45) is 11.8 Å². The van der Waals surface area contributed by atoms with Crippen LogP contribution in [0.2, 0.25) is 0 Å². The maximum atomic E-state index is 10.1. The predicted molar refractivity (Wildman–Crippen MR) is 71.0 cm³/mol. The lowest BCUT2D eigenvalue weighted by atomic mass is 9.86. The number of aliphatic hydroxyl groups excluding tert-OH is 1. The summed E-state index contributed by atoms with van der Waals surface area (Å²) in [5.41, 5.74) is 0. The highest BCUT2D eigenvalue weighted by molar-refractivity contribution is 4.86. The highest BCUT2D eigenvalue weighted by Gasteiger charge is 2.31. The van der Waals surface area contributed by atoms with Crippen molar-refractivity contribution in [1.82, 2.24) is 10.2 Å². The molecule has 17 heavy (non-hydrogen) atoms. The molecule has 2 heterocycles. The minimum Gasteiger partial charge on any atom is -0.393 e. The van der Waals surface area contributed by atoms with Crippen LogP contribution in [0.15, 0.2) is 0 Å². The first-order valence-corrected chi connectivity index (χ1v) is 7.29. The fourth-order valence-electron chi connectivity index (χ4n) is 3.39. The first-order valence-electron chi connectivity index (χ1n) is 7.29. The van der Waals surface area contributed by atoms with E-state index in [1.807, 2.05) is 0 Å². The Hall–Kier alpha value is -0.120. The quantitative estimate of drug-likeness (QED) is 0.784. The Balaban J connectivity index is 1.87. The molecule has 2 N–H and O–H groups in total. The molecule has 0 aromatic carbocycles. The van der Waals surface area contributed by atoms with E-state index in [0.717, 1.165) is 25.6 Å². The highest BCUT2D eigenvalue weighted by atomic mass is 16.3. The average Bonchev–Trinajstić information content (AvgIpc) is 2.32. The van der Waals surface area contributed by atoms with Crippen molar-refractivity contribution >= 4 is 0 Å². The van der Waals surface area contributed by atoms with E-state index in [2.05, 4.69) is 24.1 Å². The molecule has 0 aromatic rings. The monoisotopic (exact) mass is 240 g/mol. The normalized spacial score (nSPS) is 33.2. The molecule has 2 aliphatic rings. The topological polar surface area (TPSA) is 35.5 Å². The van der Waals surface area contributed by atoms with Gasteiger partial charge in [-0.3, -0.25) is 4.90 Å². The van der Waals surface area contributed by atoms with Crippen LogP contribution >= 0.6 is 0 Å². The van der Waals surface area contributed by atoms with Gasteiger partial charge in [-0.1, -0.05) is 13.8 Å². The molecule has 0 saturated carbocycles. The van der Waals surface area contributed by atoms with Crippen molar-refractivity contribution in [2.75, 3.05) is 26.2 Å². The maximum Gasteiger partial charge on any atom is 0.0592 e. The average molecular weight is 240 g/mol. The number of rotatable bonds is 3. The summed E-state index contributed by atoms with van der Waals surface area (Å²) in [5, 5.41) is 13.5. The van der Waals surface area contributed by atoms with Gasteiger partial charge in [0.05, 0.1) is 6.10 Å². The van der Waals surface area contributed by atoms with Gasteiger partial charge in [-0.05, 0) is 50.6 Å². The Morgan fingerprint density at radius 2 is 1.94 bits per heavy atom. The first-order chi connectivity index (χ1) is 8.16. The predicted octanol–water partition coefficient (Wildman–Crippen LogP) is 1.47. The highest BCUT2D eigenvalue weighted by Crippen LogP contribution is 2.26. The zero-order chi connectivity index (χ0) is 12.3. The Bertz CT molecular complexity index is 226. The van der Waals surface area contributed by atoms with Crippen molar-refractivity contribution in [1.29, 1.82) is 0 Å². The van der Waals surface area contributed by atoms with Crippen LogP contribution in [0.3, 0.4) is 0 Å². The van der Waals surface area contributed by atoms with Crippen LogP contribution in [-0.4, -0.2) is 48.3 Å². The van der Waals surface area contributed by atoms with E-state index in [1.165, 1.54) is 32.4 Å². The minimum atomic E-state index is -0.0598. The second-order valence-electron chi connectivity index (χ2n) is 6.22. The van der Waals surface area contributed by atoms with Crippen LogP contribution in [-0.2, 0) is 0 Å². The van der Waals surface area contributed by atoms with Gasteiger partial charge in [-0.2, -0.15) is 0 Å². The Morgan fingerprint density at radius 3 is 2.59 bits per heavy atom. The number of aliphatic hydroxyl groups is 1. The summed E-state index contributed by atoms with van der Waals surface area (Å²) < 4.78 is 0. The van der Waals surface area contributed by atoms with Gasteiger partial charge >= 0.3 is 0 Å². The van der Waals surface area contributed by atoms with E-state index in [1.54, 1.807) is 0 Å². The molecule has 0 aromatic heterocycles. The van der Waals surface area contributed by atoms with Crippen LogP contribution in [0.1, 0.15) is 39.5 Å². The van der Waals surface area contributed by atoms with Crippen molar-refractivity contribution in [3.8, 4) is 0 Å². The van der Waals surface area contributed by atoms with E-state index in [9.17, 15) is 5.11 Å². The third-order valence-electron chi connectivity index (χ3n) is 4.32. The van der Waals surface area contributed by atoms with Crippen LogP contribution in [0, 0.1) is 11.8 Å². The zero-order valence-corrected chi connectivity index (χ0v) is 11.4. The Labute approximate surface area is 106 Å². The molecule has 2 saturated heterocycles. The van der Waals surface area contributed by atoms with Crippen LogP contribution in [0.5, 0.6) is 0 Å². The molecule has 0 bridgehead atoms. The molecule has 2 rings (SSSR count). The molecule has 0 amide bonds. The molecule has 0 unspecified atom stereocenters. The number of nitrogens with zero attached hydrogens (tertiary/aromatic N) is 1. The van der Waals surface area contributed by atoms with Gasteiger partial charge in [-0.25, -0.2) is 0 Å². The lowest BCUT2D eigenvalue weighted by molar-refractivity contribution is -0.00355. The SMILES string of the molecule is CC(C)C[C@@H]1CN(C2CCNCC2)CC[C@@H]1O. The van der Waals surface area contributed by atoms with Crippen LogP contribution in [0.25, 0.3) is 0 Å². The fraction of sp³-hybridized carbons (Fsp3) is 1.00. The summed E-state index contributed by atoms with van der Waals surface area (Å²) in [6.45, 7) is 9.06. The molecular weight excluding hydrogens is 212 g/mol. The summed E-state index contributed by atoms with van der Waals surface area (Å²) in [4.78, 5) is 2.64. The Morgan fingerprint density at radius 1 is 1.24 bits per heavy atom. The summed E-state index contributed by atoms with van der Waals surface area (Å²) in [5.74, 6) is 1.20. The molecule has 0 aliphatic carbocycles. The molecule has 0 spiro atoms. The van der Waals surface area contributed by atoms with Gasteiger partial charge in [-0.15, -0.1) is 0 Å². The summed E-state index contributed by atoms with van der Waals surface area (Å²) in [6.07, 6.45) is 4.65. The van der Waals surface area contributed by atoms with Gasteiger partial charge in [0.1, 0.15) is 0 Å². The summed E-state index contributed by atoms with van der Waals surface area (Å²) >= 11 is 0. The van der Waals surface area contributed by atoms with Gasteiger partial charge < -0.3 is 10.4 Å². The number of likely N-dealkylation sites (tertiary alicyclic amines) is 1. The largest absolute Gasteiger partial charge is 0.393 e. The van der Waals surface area contributed by atoms with Gasteiger partial charge in [0.2, 0.25) is 0 Å². The van der Waals surface area contributed by atoms with E-state index < -0.39 is 0 Å². The molecule has 2 aliphatic heterocycles. The molecule has 0 radical (unpaired) electrons. The third-order valence-corrected chi connectivity index (χ3v) is 4.32. The summed E-state index contributed by atoms with van der Waals surface area (Å²) in [7, 11) is 0. The smallest absolute Gasteiger partial charge is 0.0592 e. The standard InChI is InChI=1S/C14H28N2O/c1-11(2)9-12-10-16(8-5-14(12)17)13-3-6-15-7-4-13/h11-15,17H,3-10H2,1-2H3/t12-,14+/m1/s1. The molecular formula is C14H28N2O. The molecule has 100 valence electrons. The lowest BCUT2D eigenvalue weighted by Gasteiger charge is -2.42. The molecule has 2 atom stereocenters. The van der Waals surface area contributed by atoms with E-state index in [4.69, 9.17) is 0 Å². The van der Waals surface area contributed by atoms with Crippen molar-refractivity contribution in [3.05, 3.63) is 0 Å². The second kappa shape index (κ2) is 6.17. The lowest BCUT2D eigenvalue weighted by Crippen LogP contribution is -2.51. The maximum absolute atomic E-state index is 10.1. The van der Waals surface area contributed by atoms with Crippen LogP contribution < -0.4 is 5.32 Å². The van der Waals surface area contributed by atoms with Crippen molar-refractivity contribution < 1.29 is 5.11 Å². The third kappa shape index (κ3) is 3.67. The minimum absolute atomic E-state index is 0.0598. The number of piperidine rings is 2. The van der Waals surface area contributed by atoms with Crippen LogP contribution in [0.4, 0.5) is 0 Å². The molecule has 3 nitrogen and oxygen atoms in total. The van der Waals surface area contributed by atoms with Gasteiger partial charge in [0, 0.05) is 19.1 Å². The summed E-state index contributed by atoms with van der Waals surface area (Å²) in [6, 6.07) is 0.762. The molecule has 3 heteroatoms. The van der Waals surface area contributed by atoms with Gasteiger partial charge in [0.15, 0.2) is 0 Å². The van der Waals surface area contributed by atoms with Crippen molar-refractivity contribution in [2.45, 2.75) is 51.7 Å². The zero-order valence-electron chi connectivity index (χ0n) is 11.4. The van der Waals surface area contributed by atoms with E-state index >= 15 is 0 Å².